The Morgan fingerprint density at radius 3 is 1.15 bits per heavy atom. The van der Waals surface area contributed by atoms with E-state index in [2.05, 4.69) is 134 Å². The summed E-state index contributed by atoms with van der Waals surface area (Å²) < 4.78 is 0. The van der Waals surface area contributed by atoms with Crippen LogP contribution in [0.25, 0.3) is 93.0 Å². The number of hydrogen-bond acceptors (Lipinski definition) is 0. The minimum atomic E-state index is 1.13. The molecule has 9 aromatic rings. The van der Waals surface area contributed by atoms with Crippen LogP contribution in [-0.4, -0.2) is 0 Å². The van der Waals surface area contributed by atoms with E-state index in [9.17, 15) is 0 Å². The maximum absolute atomic E-state index is 4.00. The summed E-state index contributed by atoms with van der Waals surface area (Å²) in [6.07, 6.45) is 1.92. The molecule has 0 N–H and O–H groups in total. The van der Waals surface area contributed by atoms with Gasteiger partial charge in [-0.15, -0.1) is 0 Å². The molecular weight excluding hydrogens is 480 g/mol. The highest BCUT2D eigenvalue weighted by Crippen LogP contribution is 2.55. The fourth-order valence-corrected chi connectivity index (χ4v) is 7.31. The predicted octanol–water partition coefficient (Wildman–Crippen LogP) is 11.5. The fraction of sp³-hybridized carbons (Fsp3) is 0. The van der Waals surface area contributed by atoms with Gasteiger partial charge in [-0.05, 0) is 92.5 Å². The predicted molar refractivity (Wildman–Crippen MR) is 175 cm³/mol. The molecule has 0 atom stereocenters. The summed E-state index contributed by atoms with van der Waals surface area (Å²) >= 11 is 0. The number of hydrogen-bond donors (Lipinski definition) is 0. The van der Waals surface area contributed by atoms with Crippen molar-refractivity contribution >= 4 is 70.7 Å². The normalized spacial score (nSPS) is 12.1. The van der Waals surface area contributed by atoms with Gasteiger partial charge in [0.05, 0.1) is 0 Å². The second kappa shape index (κ2) is 7.91. The van der Waals surface area contributed by atoms with E-state index in [1.165, 1.54) is 86.9 Å². The largest absolute Gasteiger partial charge is 0.0985 e. The molecule has 0 aliphatic heterocycles. The third kappa shape index (κ3) is 2.70. The molecule has 0 nitrogen and oxygen atoms in total. The van der Waals surface area contributed by atoms with Gasteiger partial charge in [0.15, 0.2) is 0 Å². The SMILES string of the molecule is C=Cc1ccc(-c2c3c4cccc5cccc(c3c(-c3ccccc3)c3c6cccc7cccc(c23)c76)c54)cc1. The van der Waals surface area contributed by atoms with Crippen LogP contribution in [0.2, 0.25) is 0 Å². The lowest BCUT2D eigenvalue weighted by molar-refractivity contribution is 1.65. The summed E-state index contributed by atoms with van der Waals surface area (Å²) in [5.41, 5.74) is 6.30. The summed E-state index contributed by atoms with van der Waals surface area (Å²) in [6, 6.07) is 47.1. The molecule has 0 aromatic heterocycles. The zero-order chi connectivity index (χ0) is 26.4. The van der Waals surface area contributed by atoms with Gasteiger partial charge in [-0.1, -0.05) is 140 Å². The standard InChI is InChI=1S/C40H24/c1-2-24-20-22-28(23-21-24)36-39-31-18-8-14-25-12-6-16-29(33(25)31)37(39)35(27-10-4-3-5-11-27)38-30-17-7-13-26-15-9-19-32(34(26)30)40(36)38/h2-23H,1H2. The highest BCUT2D eigenvalue weighted by Gasteiger charge is 2.26. The van der Waals surface area contributed by atoms with Gasteiger partial charge in [-0.2, -0.15) is 0 Å². The van der Waals surface area contributed by atoms with Crippen molar-refractivity contribution in [3.63, 3.8) is 0 Å². The molecule has 0 radical (unpaired) electrons. The van der Waals surface area contributed by atoms with Crippen molar-refractivity contribution in [2.24, 2.45) is 0 Å². The Balaban J connectivity index is 1.68. The van der Waals surface area contributed by atoms with Crippen molar-refractivity contribution in [1.29, 1.82) is 0 Å². The first-order chi connectivity index (χ1) is 19.8. The van der Waals surface area contributed by atoms with Crippen LogP contribution in [0, 0.1) is 0 Å². The summed E-state index contributed by atoms with van der Waals surface area (Å²) in [5, 5.41) is 16.0. The van der Waals surface area contributed by atoms with Crippen LogP contribution in [-0.2, 0) is 0 Å². The van der Waals surface area contributed by atoms with E-state index in [4.69, 9.17) is 0 Å². The maximum Gasteiger partial charge on any atom is -0.000719 e. The summed E-state index contributed by atoms with van der Waals surface area (Å²) in [7, 11) is 0. The first-order valence-corrected chi connectivity index (χ1v) is 13.9. The van der Waals surface area contributed by atoms with E-state index in [1.807, 2.05) is 6.08 Å². The lowest BCUT2D eigenvalue weighted by Crippen LogP contribution is -1.88. The summed E-state index contributed by atoms with van der Waals surface area (Å²) in [6.45, 7) is 4.00. The van der Waals surface area contributed by atoms with Crippen LogP contribution >= 0.6 is 0 Å². The first-order valence-electron chi connectivity index (χ1n) is 13.9. The number of fused-ring (bicyclic) bond motifs is 6. The van der Waals surface area contributed by atoms with Crippen LogP contribution in [0.5, 0.6) is 0 Å². The molecule has 0 amide bonds. The highest BCUT2D eigenvalue weighted by molar-refractivity contribution is 6.46. The molecule has 184 valence electrons. The molecule has 9 rings (SSSR count). The molecule has 0 aliphatic rings. The second-order valence-corrected chi connectivity index (χ2v) is 10.9. The van der Waals surface area contributed by atoms with Crippen molar-refractivity contribution in [3.05, 3.63) is 140 Å². The molecule has 0 saturated carbocycles. The van der Waals surface area contributed by atoms with E-state index in [1.54, 1.807) is 0 Å². The lowest BCUT2D eigenvalue weighted by Gasteiger charge is -2.15. The molecule has 0 bridgehead atoms. The Morgan fingerprint density at radius 2 is 0.750 bits per heavy atom. The number of benzene rings is 7. The fourth-order valence-electron chi connectivity index (χ4n) is 7.31. The van der Waals surface area contributed by atoms with Gasteiger partial charge in [0.2, 0.25) is 0 Å². The van der Waals surface area contributed by atoms with Gasteiger partial charge in [-0.3, -0.25) is 0 Å². The highest BCUT2D eigenvalue weighted by atomic mass is 14.3. The van der Waals surface area contributed by atoms with Crippen LogP contribution in [0.4, 0.5) is 0 Å². The van der Waals surface area contributed by atoms with Gasteiger partial charge in [0.1, 0.15) is 0 Å². The van der Waals surface area contributed by atoms with Crippen molar-refractivity contribution in [2.45, 2.75) is 0 Å². The van der Waals surface area contributed by atoms with Crippen LogP contribution in [0.15, 0.2) is 134 Å². The first kappa shape index (κ1) is 21.7. The van der Waals surface area contributed by atoms with Gasteiger partial charge in [-0.25, -0.2) is 0 Å². The maximum atomic E-state index is 4.00. The van der Waals surface area contributed by atoms with Crippen LogP contribution in [0.1, 0.15) is 5.56 Å². The molecule has 0 saturated heterocycles. The van der Waals surface area contributed by atoms with E-state index in [-0.39, 0.29) is 0 Å². The monoisotopic (exact) mass is 504 g/mol. The Kier molecular flexibility index (Phi) is 4.29. The van der Waals surface area contributed by atoms with Gasteiger partial charge in [0, 0.05) is 0 Å². The van der Waals surface area contributed by atoms with Crippen molar-refractivity contribution < 1.29 is 0 Å². The van der Waals surface area contributed by atoms with E-state index >= 15 is 0 Å². The van der Waals surface area contributed by atoms with Crippen molar-refractivity contribution in [3.8, 4) is 22.3 Å². The van der Waals surface area contributed by atoms with Gasteiger partial charge in [0.25, 0.3) is 0 Å². The third-order valence-corrected chi connectivity index (χ3v) is 8.88. The molecule has 0 heteroatoms. The molecule has 0 fully saturated rings. The molecule has 0 spiro atoms. The number of rotatable bonds is 3. The van der Waals surface area contributed by atoms with Crippen LogP contribution in [0.3, 0.4) is 0 Å². The summed E-state index contributed by atoms with van der Waals surface area (Å²) in [4.78, 5) is 0. The molecule has 40 heavy (non-hydrogen) atoms. The van der Waals surface area contributed by atoms with E-state index in [0.29, 0.717) is 0 Å². The van der Waals surface area contributed by atoms with Crippen molar-refractivity contribution in [1.82, 2.24) is 0 Å². The Bertz CT molecular complexity index is 2270. The van der Waals surface area contributed by atoms with E-state index in [0.717, 1.165) is 5.56 Å². The Hall–Kier alpha value is -5.20. The Morgan fingerprint density at radius 1 is 0.350 bits per heavy atom. The minimum absolute atomic E-state index is 1.13. The average molecular weight is 505 g/mol. The average Bonchev–Trinajstić information content (AvgIpc) is 3.53. The zero-order valence-electron chi connectivity index (χ0n) is 21.9. The van der Waals surface area contributed by atoms with E-state index < -0.39 is 0 Å². The zero-order valence-corrected chi connectivity index (χ0v) is 21.9. The molecule has 0 unspecified atom stereocenters. The molecule has 9 aromatic carbocycles. The second-order valence-electron chi connectivity index (χ2n) is 10.9. The molecular formula is C40H24. The smallest absolute Gasteiger partial charge is 0.000719 e. The topological polar surface area (TPSA) is 0 Å². The molecule has 0 heterocycles. The Labute approximate surface area is 232 Å². The van der Waals surface area contributed by atoms with Crippen LogP contribution < -0.4 is 0 Å². The third-order valence-electron chi connectivity index (χ3n) is 8.88. The van der Waals surface area contributed by atoms with Gasteiger partial charge >= 0.3 is 0 Å². The summed E-state index contributed by atoms with van der Waals surface area (Å²) in [5.74, 6) is 0. The molecule has 0 aliphatic carbocycles. The lowest BCUT2D eigenvalue weighted by atomic mass is 9.87. The quantitative estimate of drug-likeness (QED) is 0.224. The van der Waals surface area contributed by atoms with Gasteiger partial charge < -0.3 is 0 Å². The minimum Gasteiger partial charge on any atom is -0.0985 e. The van der Waals surface area contributed by atoms with Crippen molar-refractivity contribution in [2.75, 3.05) is 0 Å².